The second kappa shape index (κ2) is 6.58. The molecule has 1 fully saturated rings. The van der Waals surface area contributed by atoms with Crippen molar-refractivity contribution in [3.8, 4) is 0 Å². The van der Waals surface area contributed by atoms with Gasteiger partial charge in [0.1, 0.15) is 0 Å². The molecule has 1 aliphatic rings. The molecule has 0 aromatic rings. The fraction of sp³-hybridized carbons (Fsp3) is 1.00. The van der Waals surface area contributed by atoms with Gasteiger partial charge in [-0.05, 0) is 47.3 Å². The number of piperazine rings is 1. The monoisotopic (exact) mass is 227 g/mol. The summed E-state index contributed by atoms with van der Waals surface area (Å²) >= 11 is 0. The summed E-state index contributed by atoms with van der Waals surface area (Å²) in [6.45, 7) is 10.5. The van der Waals surface area contributed by atoms with Crippen LogP contribution in [0.25, 0.3) is 0 Å². The Hall–Kier alpha value is -0.120. The standard InChI is InChI=1S/C13H29N3/c1-6-13-10-16(12(3)9-14-13)11(2)7-8-15(4)5/h11-14H,6-10H2,1-5H3. The van der Waals surface area contributed by atoms with Crippen molar-refractivity contribution in [3.63, 3.8) is 0 Å². The molecule has 0 aromatic carbocycles. The molecule has 0 aliphatic carbocycles. The van der Waals surface area contributed by atoms with Crippen LogP contribution in [0.15, 0.2) is 0 Å². The topological polar surface area (TPSA) is 18.5 Å². The fourth-order valence-corrected chi connectivity index (χ4v) is 2.45. The van der Waals surface area contributed by atoms with Gasteiger partial charge >= 0.3 is 0 Å². The molecule has 0 spiro atoms. The van der Waals surface area contributed by atoms with Crippen LogP contribution in [-0.2, 0) is 0 Å². The number of rotatable bonds is 5. The van der Waals surface area contributed by atoms with Crippen LogP contribution in [0, 0.1) is 0 Å². The van der Waals surface area contributed by atoms with E-state index in [4.69, 9.17) is 0 Å². The molecule has 0 bridgehead atoms. The summed E-state index contributed by atoms with van der Waals surface area (Å²) in [7, 11) is 4.31. The van der Waals surface area contributed by atoms with Gasteiger partial charge in [-0.1, -0.05) is 6.92 Å². The van der Waals surface area contributed by atoms with E-state index in [1.165, 1.54) is 25.9 Å². The highest BCUT2D eigenvalue weighted by Gasteiger charge is 2.27. The molecule has 1 saturated heterocycles. The van der Waals surface area contributed by atoms with Crippen LogP contribution in [0.1, 0.15) is 33.6 Å². The maximum atomic E-state index is 3.62. The zero-order chi connectivity index (χ0) is 12.1. The number of hydrogen-bond acceptors (Lipinski definition) is 3. The van der Waals surface area contributed by atoms with Crippen molar-refractivity contribution < 1.29 is 0 Å². The Bertz CT molecular complexity index is 194. The van der Waals surface area contributed by atoms with Gasteiger partial charge in [0.05, 0.1) is 0 Å². The third kappa shape index (κ3) is 4.04. The first-order valence-electron chi connectivity index (χ1n) is 6.68. The maximum Gasteiger partial charge on any atom is 0.0195 e. The van der Waals surface area contributed by atoms with Crippen molar-refractivity contribution in [2.24, 2.45) is 0 Å². The van der Waals surface area contributed by atoms with E-state index in [0.717, 1.165) is 6.54 Å². The largest absolute Gasteiger partial charge is 0.311 e. The summed E-state index contributed by atoms with van der Waals surface area (Å²) in [5, 5.41) is 3.62. The van der Waals surface area contributed by atoms with Crippen LogP contribution in [0.2, 0.25) is 0 Å². The molecule has 1 heterocycles. The van der Waals surface area contributed by atoms with E-state index in [2.05, 4.69) is 50.0 Å². The van der Waals surface area contributed by atoms with Gasteiger partial charge in [0.2, 0.25) is 0 Å². The third-order valence-electron chi connectivity index (χ3n) is 3.75. The lowest BCUT2D eigenvalue weighted by Gasteiger charge is -2.42. The molecule has 1 N–H and O–H groups in total. The van der Waals surface area contributed by atoms with Gasteiger partial charge in [0, 0.05) is 31.2 Å². The van der Waals surface area contributed by atoms with Gasteiger partial charge < -0.3 is 10.2 Å². The van der Waals surface area contributed by atoms with Gasteiger partial charge in [-0.15, -0.1) is 0 Å². The van der Waals surface area contributed by atoms with Crippen LogP contribution in [-0.4, -0.2) is 61.7 Å². The van der Waals surface area contributed by atoms with E-state index in [-0.39, 0.29) is 0 Å². The van der Waals surface area contributed by atoms with E-state index >= 15 is 0 Å². The first-order chi connectivity index (χ1) is 7.54. The molecule has 3 atom stereocenters. The molecule has 3 nitrogen and oxygen atoms in total. The molecule has 0 amide bonds. The molecule has 1 rings (SSSR count). The molecule has 0 aromatic heterocycles. The molecule has 3 unspecified atom stereocenters. The average Bonchev–Trinajstić information content (AvgIpc) is 2.26. The van der Waals surface area contributed by atoms with E-state index in [1.807, 2.05) is 0 Å². The predicted octanol–water partition coefficient (Wildman–Crippen LogP) is 1.40. The van der Waals surface area contributed by atoms with Gasteiger partial charge in [-0.25, -0.2) is 0 Å². The van der Waals surface area contributed by atoms with Crippen molar-refractivity contribution in [1.82, 2.24) is 15.1 Å². The summed E-state index contributed by atoms with van der Waals surface area (Å²) in [6.07, 6.45) is 2.51. The Morgan fingerprint density at radius 1 is 1.44 bits per heavy atom. The molecule has 3 heteroatoms. The minimum Gasteiger partial charge on any atom is -0.311 e. The quantitative estimate of drug-likeness (QED) is 0.766. The second-order valence-corrected chi connectivity index (χ2v) is 5.50. The van der Waals surface area contributed by atoms with Crippen LogP contribution in [0.3, 0.4) is 0 Å². The predicted molar refractivity (Wildman–Crippen MR) is 70.9 cm³/mol. The summed E-state index contributed by atoms with van der Waals surface area (Å²) in [5.41, 5.74) is 0. The van der Waals surface area contributed by atoms with Gasteiger partial charge in [0.25, 0.3) is 0 Å². The molecular weight excluding hydrogens is 198 g/mol. The van der Waals surface area contributed by atoms with Crippen molar-refractivity contribution >= 4 is 0 Å². The van der Waals surface area contributed by atoms with Crippen molar-refractivity contribution in [3.05, 3.63) is 0 Å². The van der Waals surface area contributed by atoms with Gasteiger partial charge in [0.15, 0.2) is 0 Å². The van der Waals surface area contributed by atoms with Crippen molar-refractivity contribution in [2.45, 2.75) is 51.7 Å². The van der Waals surface area contributed by atoms with E-state index < -0.39 is 0 Å². The van der Waals surface area contributed by atoms with E-state index in [0.29, 0.717) is 18.1 Å². The Balaban J connectivity index is 2.42. The second-order valence-electron chi connectivity index (χ2n) is 5.50. The van der Waals surface area contributed by atoms with E-state index in [1.54, 1.807) is 0 Å². The summed E-state index contributed by atoms with van der Waals surface area (Å²) < 4.78 is 0. The van der Waals surface area contributed by atoms with Crippen LogP contribution in [0.4, 0.5) is 0 Å². The number of hydrogen-bond donors (Lipinski definition) is 1. The zero-order valence-electron chi connectivity index (χ0n) is 11.7. The highest BCUT2D eigenvalue weighted by Crippen LogP contribution is 2.14. The highest BCUT2D eigenvalue weighted by molar-refractivity contribution is 4.86. The highest BCUT2D eigenvalue weighted by atomic mass is 15.2. The smallest absolute Gasteiger partial charge is 0.0195 e. The van der Waals surface area contributed by atoms with E-state index in [9.17, 15) is 0 Å². The van der Waals surface area contributed by atoms with Crippen molar-refractivity contribution in [2.75, 3.05) is 33.7 Å². The lowest BCUT2D eigenvalue weighted by molar-refractivity contribution is 0.0892. The Morgan fingerprint density at radius 3 is 2.69 bits per heavy atom. The Labute approximate surface area is 101 Å². The van der Waals surface area contributed by atoms with Gasteiger partial charge in [-0.2, -0.15) is 0 Å². The van der Waals surface area contributed by atoms with Gasteiger partial charge in [-0.3, -0.25) is 4.90 Å². The maximum absolute atomic E-state index is 3.62. The lowest BCUT2D eigenvalue weighted by Crippen LogP contribution is -2.58. The Kier molecular flexibility index (Phi) is 5.73. The fourth-order valence-electron chi connectivity index (χ4n) is 2.45. The average molecular weight is 227 g/mol. The normalized spacial score (nSPS) is 29.6. The third-order valence-corrected chi connectivity index (χ3v) is 3.75. The van der Waals surface area contributed by atoms with Crippen molar-refractivity contribution in [1.29, 1.82) is 0 Å². The number of nitrogens with one attached hydrogen (secondary N) is 1. The van der Waals surface area contributed by atoms with Crippen LogP contribution in [0.5, 0.6) is 0 Å². The molecule has 0 saturated carbocycles. The molecular formula is C13H29N3. The zero-order valence-corrected chi connectivity index (χ0v) is 11.7. The summed E-state index contributed by atoms with van der Waals surface area (Å²) in [5.74, 6) is 0. The Morgan fingerprint density at radius 2 is 2.12 bits per heavy atom. The lowest BCUT2D eigenvalue weighted by atomic mass is 10.0. The molecule has 96 valence electrons. The summed E-state index contributed by atoms with van der Waals surface area (Å²) in [4.78, 5) is 4.95. The first kappa shape index (κ1) is 13.9. The molecule has 16 heavy (non-hydrogen) atoms. The molecule has 0 radical (unpaired) electrons. The minimum atomic E-state index is 0.681. The summed E-state index contributed by atoms with van der Waals surface area (Å²) in [6, 6.07) is 2.08. The van der Waals surface area contributed by atoms with Crippen LogP contribution < -0.4 is 5.32 Å². The van der Waals surface area contributed by atoms with Crippen LogP contribution >= 0.6 is 0 Å². The first-order valence-corrected chi connectivity index (χ1v) is 6.68. The minimum absolute atomic E-state index is 0.681. The molecule has 1 aliphatic heterocycles. The number of nitrogens with zero attached hydrogens (tertiary/aromatic N) is 2. The SMILES string of the molecule is CCC1CN(C(C)CCN(C)C)C(C)CN1.